The maximum absolute atomic E-state index is 16.1. The van der Waals surface area contributed by atoms with Crippen LogP contribution < -0.4 is 15.5 Å². The molecule has 4 amide bonds. The van der Waals surface area contributed by atoms with Crippen LogP contribution in [-0.2, 0) is 20.7 Å². The highest BCUT2D eigenvalue weighted by atomic mass is 32.1. The SMILES string of the molecule is CC1CN2c3c(cc4c(-c5ccccn5)nsc4c3F)CC3(C(=O)NC(=O)NC3=O)C2C(C)O1. The van der Waals surface area contributed by atoms with E-state index in [0.717, 1.165) is 11.5 Å². The van der Waals surface area contributed by atoms with Crippen LogP contribution in [0.1, 0.15) is 19.4 Å². The standard InChI is InChI=1S/C23H20FN5O4S/c1-10-9-29-17-12(7-13-16(14-5-3-4-6-25-14)28-34-18(13)15(17)24)8-23(19(29)11(2)33-10)20(30)26-22(32)27-21(23)31/h3-7,10-11,19H,8-9H2,1-2H3,(H2,26,27,30,31,32). The van der Waals surface area contributed by atoms with Crippen molar-refractivity contribution < 1.29 is 23.5 Å². The predicted octanol–water partition coefficient (Wildman–Crippen LogP) is 2.39. The zero-order valence-corrected chi connectivity index (χ0v) is 19.1. The molecule has 0 bridgehead atoms. The van der Waals surface area contributed by atoms with Crippen molar-refractivity contribution in [3.05, 3.63) is 41.8 Å². The molecule has 0 radical (unpaired) electrons. The highest BCUT2D eigenvalue weighted by Gasteiger charge is 2.63. The van der Waals surface area contributed by atoms with Crippen LogP contribution in [-0.4, -0.2) is 52.0 Å². The number of imide groups is 2. The van der Waals surface area contributed by atoms with Gasteiger partial charge in [0.1, 0.15) is 5.69 Å². The number of barbiturate groups is 1. The first-order valence-corrected chi connectivity index (χ1v) is 11.7. The van der Waals surface area contributed by atoms with Gasteiger partial charge < -0.3 is 9.64 Å². The summed E-state index contributed by atoms with van der Waals surface area (Å²) in [7, 11) is 0. The second-order valence-electron chi connectivity index (χ2n) is 8.96. The summed E-state index contributed by atoms with van der Waals surface area (Å²) in [6, 6.07) is 5.54. The fourth-order valence-corrected chi connectivity index (χ4v) is 6.44. The number of nitrogens with zero attached hydrogens (tertiary/aromatic N) is 3. The number of ether oxygens (including phenoxy) is 1. The number of halogens is 1. The third-order valence-electron chi connectivity index (χ3n) is 6.87. The Morgan fingerprint density at radius 2 is 1.97 bits per heavy atom. The van der Waals surface area contributed by atoms with Gasteiger partial charge in [-0.1, -0.05) is 6.07 Å². The molecule has 3 atom stereocenters. The first-order chi connectivity index (χ1) is 16.3. The number of benzene rings is 1. The van der Waals surface area contributed by atoms with Crippen LogP contribution >= 0.6 is 11.5 Å². The summed E-state index contributed by atoms with van der Waals surface area (Å²) in [4.78, 5) is 44.5. The molecule has 3 unspecified atom stereocenters. The number of morpholine rings is 1. The molecule has 174 valence electrons. The molecular weight excluding hydrogens is 461 g/mol. The van der Waals surface area contributed by atoms with Gasteiger partial charge in [0.25, 0.3) is 0 Å². The lowest BCUT2D eigenvalue weighted by atomic mass is 9.66. The first kappa shape index (κ1) is 21.1. The Labute approximate surface area is 197 Å². The Morgan fingerprint density at radius 1 is 1.21 bits per heavy atom. The zero-order chi connectivity index (χ0) is 23.8. The summed E-state index contributed by atoms with van der Waals surface area (Å²) in [5, 5.41) is 5.05. The number of carbonyl (C=O) groups excluding carboxylic acids is 3. The van der Waals surface area contributed by atoms with Gasteiger partial charge in [0.2, 0.25) is 11.8 Å². The van der Waals surface area contributed by atoms with Crippen LogP contribution in [0, 0.1) is 11.2 Å². The molecule has 0 aliphatic carbocycles. The van der Waals surface area contributed by atoms with E-state index >= 15 is 4.39 Å². The van der Waals surface area contributed by atoms with Crippen LogP contribution in [0.4, 0.5) is 14.9 Å². The van der Waals surface area contributed by atoms with Gasteiger partial charge in [-0.3, -0.25) is 25.2 Å². The Balaban J connectivity index is 1.61. The topological polar surface area (TPSA) is 114 Å². The van der Waals surface area contributed by atoms with Crippen LogP contribution in [0.2, 0.25) is 0 Å². The van der Waals surface area contributed by atoms with Gasteiger partial charge in [0, 0.05) is 24.5 Å². The van der Waals surface area contributed by atoms with Gasteiger partial charge in [0.15, 0.2) is 11.2 Å². The number of anilines is 1. The molecule has 34 heavy (non-hydrogen) atoms. The lowest BCUT2D eigenvalue weighted by Gasteiger charge is -2.55. The van der Waals surface area contributed by atoms with E-state index in [9.17, 15) is 14.4 Å². The number of pyridine rings is 1. The van der Waals surface area contributed by atoms with Crippen molar-refractivity contribution >= 4 is 45.2 Å². The highest BCUT2D eigenvalue weighted by molar-refractivity contribution is 7.13. The largest absolute Gasteiger partial charge is 0.372 e. The van der Waals surface area contributed by atoms with Gasteiger partial charge in [-0.05, 0) is 49.1 Å². The Hall–Kier alpha value is -3.44. The molecule has 3 aliphatic heterocycles. The number of rotatable bonds is 1. The van der Waals surface area contributed by atoms with Gasteiger partial charge in [-0.15, -0.1) is 0 Å². The minimum absolute atomic E-state index is 0.0824. The molecule has 11 heteroatoms. The van der Waals surface area contributed by atoms with E-state index in [1.54, 1.807) is 36.2 Å². The number of carbonyl (C=O) groups is 3. The molecule has 3 aromatic rings. The number of amides is 4. The lowest BCUT2D eigenvalue weighted by molar-refractivity contribution is -0.153. The van der Waals surface area contributed by atoms with Crippen molar-refractivity contribution in [2.45, 2.75) is 38.5 Å². The highest BCUT2D eigenvalue weighted by Crippen LogP contribution is 2.50. The maximum Gasteiger partial charge on any atom is 0.328 e. The number of urea groups is 1. The Kier molecular flexibility index (Phi) is 4.52. The fraction of sp³-hybridized carbons (Fsp3) is 0.348. The average Bonchev–Trinajstić information content (AvgIpc) is 3.21. The van der Waals surface area contributed by atoms with E-state index in [0.29, 0.717) is 32.7 Å². The van der Waals surface area contributed by atoms with E-state index in [2.05, 4.69) is 20.0 Å². The predicted molar refractivity (Wildman–Crippen MR) is 122 cm³/mol. The minimum Gasteiger partial charge on any atom is -0.372 e. The van der Waals surface area contributed by atoms with Crippen molar-refractivity contribution in [2.75, 3.05) is 11.4 Å². The summed E-state index contributed by atoms with van der Waals surface area (Å²) in [5.41, 5.74) is 0.326. The van der Waals surface area contributed by atoms with E-state index in [-0.39, 0.29) is 19.1 Å². The molecule has 2 fully saturated rings. The second kappa shape index (κ2) is 7.28. The van der Waals surface area contributed by atoms with Crippen LogP contribution in [0.3, 0.4) is 0 Å². The number of hydrogen-bond acceptors (Lipinski definition) is 8. The summed E-state index contributed by atoms with van der Waals surface area (Å²) < 4.78 is 27.0. The van der Waals surface area contributed by atoms with Crippen molar-refractivity contribution in [3.8, 4) is 11.4 Å². The molecule has 5 heterocycles. The third kappa shape index (κ3) is 2.77. The van der Waals surface area contributed by atoms with Crippen molar-refractivity contribution in [3.63, 3.8) is 0 Å². The molecule has 3 aliphatic rings. The Bertz CT molecular complexity index is 1360. The summed E-state index contributed by atoms with van der Waals surface area (Å²) in [6.07, 6.45) is 0.730. The minimum atomic E-state index is -1.66. The molecule has 2 N–H and O–H groups in total. The third-order valence-corrected chi connectivity index (χ3v) is 7.73. The summed E-state index contributed by atoms with van der Waals surface area (Å²) in [5.74, 6) is -1.86. The number of fused-ring (bicyclic) bond motifs is 5. The van der Waals surface area contributed by atoms with E-state index in [1.807, 2.05) is 13.0 Å². The molecule has 2 aromatic heterocycles. The van der Waals surface area contributed by atoms with Gasteiger partial charge in [-0.2, -0.15) is 4.37 Å². The molecule has 0 saturated carbocycles. The summed E-state index contributed by atoms with van der Waals surface area (Å²) in [6.45, 7) is 3.91. The number of nitrogens with one attached hydrogen (secondary N) is 2. The van der Waals surface area contributed by atoms with Gasteiger partial charge in [-0.25, -0.2) is 9.18 Å². The molecule has 9 nitrogen and oxygen atoms in total. The maximum atomic E-state index is 16.1. The van der Waals surface area contributed by atoms with Crippen LogP contribution in [0.5, 0.6) is 0 Å². The second-order valence-corrected chi connectivity index (χ2v) is 9.73. The van der Waals surface area contributed by atoms with E-state index < -0.39 is 41.2 Å². The van der Waals surface area contributed by atoms with E-state index in [4.69, 9.17) is 4.74 Å². The van der Waals surface area contributed by atoms with Crippen LogP contribution in [0.25, 0.3) is 21.5 Å². The van der Waals surface area contributed by atoms with Crippen molar-refractivity contribution in [1.29, 1.82) is 0 Å². The summed E-state index contributed by atoms with van der Waals surface area (Å²) >= 11 is 1.05. The molecule has 1 aromatic carbocycles. The number of hydrogen-bond donors (Lipinski definition) is 2. The van der Waals surface area contributed by atoms with Crippen molar-refractivity contribution in [1.82, 2.24) is 20.0 Å². The fourth-order valence-electron chi connectivity index (χ4n) is 5.64. The van der Waals surface area contributed by atoms with E-state index in [1.165, 1.54) is 0 Å². The first-order valence-electron chi connectivity index (χ1n) is 10.9. The molecule has 1 spiro atoms. The molecule has 2 saturated heterocycles. The normalized spacial score (nSPS) is 25.7. The monoisotopic (exact) mass is 481 g/mol. The molecule has 6 rings (SSSR count). The van der Waals surface area contributed by atoms with Gasteiger partial charge in [0.05, 0.1) is 34.3 Å². The van der Waals surface area contributed by atoms with Crippen LogP contribution in [0.15, 0.2) is 30.5 Å². The molecular formula is C23H20FN5O4S. The van der Waals surface area contributed by atoms with Crippen molar-refractivity contribution in [2.24, 2.45) is 5.41 Å². The number of aromatic nitrogens is 2. The Morgan fingerprint density at radius 3 is 2.68 bits per heavy atom. The smallest absolute Gasteiger partial charge is 0.328 e. The average molecular weight is 482 g/mol. The van der Waals surface area contributed by atoms with Gasteiger partial charge >= 0.3 is 6.03 Å². The lowest BCUT2D eigenvalue weighted by Crippen LogP contribution is -2.75. The zero-order valence-electron chi connectivity index (χ0n) is 18.3. The quantitative estimate of drug-likeness (QED) is 0.513.